The van der Waals surface area contributed by atoms with Gasteiger partial charge in [-0.25, -0.2) is 9.18 Å². The van der Waals surface area contributed by atoms with Crippen molar-refractivity contribution in [3.05, 3.63) is 29.6 Å². The van der Waals surface area contributed by atoms with Gasteiger partial charge in [0, 0.05) is 13.1 Å². The first-order chi connectivity index (χ1) is 9.38. The Kier molecular flexibility index (Phi) is 3.92. The maximum Gasteiger partial charge on any atom is 0.321 e. The first-order valence-electron chi connectivity index (χ1n) is 6.43. The summed E-state index contributed by atoms with van der Waals surface area (Å²) in [5.74, 6) is -2.09. The van der Waals surface area contributed by atoms with Crippen molar-refractivity contribution in [1.29, 1.82) is 0 Å². The van der Waals surface area contributed by atoms with Gasteiger partial charge in [-0.3, -0.25) is 4.79 Å². The summed E-state index contributed by atoms with van der Waals surface area (Å²) < 4.78 is 13.6. The second kappa shape index (κ2) is 5.48. The van der Waals surface area contributed by atoms with Crippen LogP contribution in [-0.4, -0.2) is 35.1 Å². The van der Waals surface area contributed by atoms with E-state index in [-0.39, 0.29) is 18.2 Å². The van der Waals surface area contributed by atoms with E-state index in [2.05, 4.69) is 5.32 Å². The number of likely N-dealkylation sites (tertiary alicyclic amines) is 1. The van der Waals surface area contributed by atoms with Gasteiger partial charge in [0.05, 0.1) is 11.6 Å². The third kappa shape index (κ3) is 2.89. The van der Waals surface area contributed by atoms with Gasteiger partial charge in [-0.1, -0.05) is 13.0 Å². The molecule has 2 atom stereocenters. The smallest absolute Gasteiger partial charge is 0.321 e. The lowest BCUT2D eigenvalue weighted by molar-refractivity contribution is -0.142. The molecule has 1 aliphatic heterocycles. The molecule has 108 valence electrons. The Morgan fingerprint density at radius 1 is 1.40 bits per heavy atom. The van der Waals surface area contributed by atoms with Gasteiger partial charge in [0.15, 0.2) is 0 Å². The fourth-order valence-electron chi connectivity index (χ4n) is 2.38. The number of nitrogens with zero attached hydrogens (tertiary/aromatic N) is 1. The van der Waals surface area contributed by atoms with Crippen molar-refractivity contribution >= 4 is 17.7 Å². The number of halogens is 1. The monoisotopic (exact) mass is 280 g/mol. The number of hydrogen-bond donors (Lipinski definition) is 2. The number of aryl methyl sites for hydroxylation is 1. The normalized spacial score (nSPS) is 21.9. The molecule has 0 aromatic heterocycles. The van der Waals surface area contributed by atoms with Crippen LogP contribution in [0.25, 0.3) is 0 Å². The van der Waals surface area contributed by atoms with Gasteiger partial charge in [-0.05, 0) is 30.5 Å². The lowest BCUT2D eigenvalue weighted by atomic mass is 9.99. The Hall–Kier alpha value is -2.11. The fourth-order valence-corrected chi connectivity index (χ4v) is 2.38. The molecule has 0 saturated carbocycles. The maximum atomic E-state index is 13.6. The number of amides is 2. The topological polar surface area (TPSA) is 69.6 Å². The molecule has 1 aromatic rings. The Labute approximate surface area is 116 Å². The molecule has 1 fully saturated rings. The number of anilines is 1. The highest BCUT2D eigenvalue weighted by Gasteiger charge is 2.37. The second-order valence-corrected chi connectivity index (χ2v) is 5.24. The molecule has 1 heterocycles. The maximum absolute atomic E-state index is 13.6. The van der Waals surface area contributed by atoms with Crippen LogP contribution in [0.3, 0.4) is 0 Å². The van der Waals surface area contributed by atoms with Crippen molar-refractivity contribution < 1.29 is 19.1 Å². The van der Waals surface area contributed by atoms with Crippen molar-refractivity contribution in [3.63, 3.8) is 0 Å². The minimum Gasteiger partial charge on any atom is -0.481 e. The molecular formula is C14H17FN2O3. The summed E-state index contributed by atoms with van der Waals surface area (Å²) in [7, 11) is 0. The zero-order valence-electron chi connectivity index (χ0n) is 11.4. The van der Waals surface area contributed by atoms with Crippen LogP contribution in [-0.2, 0) is 4.79 Å². The summed E-state index contributed by atoms with van der Waals surface area (Å²) >= 11 is 0. The number of urea groups is 1. The van der Waals surface area contributed by atoms with Crippen LogP contribution in [0.1, 0.15) is 12.5 Å². The van der Waals surface area contributed by atoms with Crippen LogP contribution in [0.2, 0.25) is 0 Å². The number of carboxylic acid groups (broad SMARTS) is 1. The highest BCUT2D eigenvalue weighted by atomic mass is 19.1. The first-order valence-corrected chi connectivity index (χ1v) is 6.43. The molecule has 0 radical (unpaired) electrons. The van der Waals surface area contributed by atoms with Crippen LogP contribution < -0.4 is 5.32 Å². The van der Waals surface area contributed by atoms with E-state index in [9.17, 15) is 14.0 Å². The molecule has 0 aliphatic carbocycles. The van der Waals surface area contributed by atoms with Crippen LogP contribution >= 0.6 is 0 Å². The number of nitrogens with one attached hydrogen (secondary N) is 1. The fraction of sp³-hybridized carbons (Fsp3) is 0.429. The Morgan fingerprint density at radius 2 is 2.10 bits per heavy atom. The third-order valence-electron chi connectivity index (χ3n) is 3.58. The van der Waals surface area contributed by atoms with E-state index in [0.717, 1.165) is 5.56 Å². The first kappa shape index (κ1) is 14.3. The predicted molar refractivity (Wildman–Crippen MR) is 72.0 cm³/mol. The van der Waals surface area contributed by atoms with E-state index in [1.807, 2.05) is 0 Å². The van der Waals surface area contributed by atoms with Gasteiger partial charge in [0.2, 0.25) is 0 Å². The van der Waals surface area contributed by atoms with Gasteiger partial charge < -0.3 is 15.3 Å². The standard InChI is InChI=1S/C14H17FN2O3/c1-8-3-4-11(15)12(5-8)16-14(20)17-6-9(2)10(7-17)13(18)19/h3-5,9-10H,6-7H2,1-2H3,(H,16,20)(H,18,19). The van der Waals surface area contributed by atoms with E-state index in [1.54, 1.807) is 26.0 Å². The highest BCUT2D eigenvalue weighted by molar-refractivity contribution is 5.90. The van der Waals surface area contributed by atoms with Gasteiger partial charge >= 0.3 is 12.0 Å². The van der Waals surface area contributed by atoms with Gasteiger partial charge in [-0.2, -0.15) is 0 Å². The molecule has 1 saturated heterocycles. The highest BCUT2D eigenvalue weighted by Crippen LogP contribution is 2.24. The minimum atomic E-state index is -0.908. The van der Waals surface area contributed by atoms with E-state index < -0.39 is 23.7 Å². The molecule has 1 aliphatic rings. The average molecular weight is 280 g/mol. The zero-order chi connectivity index (χ0) is 14.9. The molecular weight excluding hydrogens is 263 g/mol. The molecule has 1 aromatic carbocycles. The van der Waals surface area contributed by atoms with Gasteiger partial charge in [0.25, 0.3) is 0 Å². The molecule has 2 N–H and O–H groups in total. The van der Waals surface area contributed by atoms with E-state index in [0.29, 0.717) is 6.54 Å². The summed E-state index contributed by atoms with van der Waals surface area (Å²) in [6, 6.07) is 3.98. The lowest BCUT2D eigenvalue weighted by Gasteiger charge is -2.17. The van der Waals surface area contributed by atoms with Crippen LogP contribution in [0.5, 0.6) is 0 Å². The largest absolute Gasteiger partial charge is 0.481 e. The Bertz CT molecular complexity index is 547. The van der Waals surface area contributed by atoms with Crippen molar-refractivity contribution in [2.24, 2.45) is 11.8 Å². The van der Waals surface area contributed by atoms with Crippen molar-refractivity contribution in [2.45, 2.75) is 13.8 Å². The molecule has 2 amide bonds. The number of rotatable bonds is 2. The summed E-state index contributed by atoms with van der Waals surface area (Å²) in [6.45, 7) is 4.10. The summed E-state index contributed by atoms with van der Waals surface area (Å²) in [4.78, 5) is 24.5. The third-order valence-corrected chi connectivity index (χ3v) is 3.58. The molecule has 20 heavy (non-hydrogen) atoms. The molecule has 0 spiro atoms. The number of aliphatic carboxylic acids is 1. The average Bonchev–Trinajstić information content (AvgIpc) is 2.76. The molecule has 6 heteroatoms. The van der Waals surface area contributed by atoms with Crippen molar-refractivity contribution in [1.82, 2.24) is 4.90 Å². The van der Waals surface area contributed by atoms with Gasteiger partial charge in [-0.15, -0.1) is 0 Å². The predicted octanol–water partition coefficient (Wildman–Crippen LogP) is 2.32. The minimum absolute atomic E-state index is 0.111. The molecule has 2 rings (SSSR count). The van der Waals surface area contributed by atoms with Crippen molar-refractivity contribution in [2.75, 3.05) is 18.4 Å². The quantitative estimate of drug-likeness (QED) is 0.873. The number of carbonyl (C=O) groups is 2. The summed E-state index contributed by atoms with van der Waals surface area (Å²) in [5.41, 5.74) is 0.946. The van der Waals surface area contributed by atoms with Crippen LogP contribution in [0.15, 0.2) is 18.2 Å². The molecule has 0 bridgehead atoms. The van der Waals surface area contributed by atoms with Crippen molar-refractivity contribution in [3.8, 4) is 0 Å². The number of hydrogen-bond acceptors (Lipinski definition) is 2. The second-order valence-electron chi connectivity index (χ2n) is 5.24. The van der Waals surface area contributed by atoms with E-state index >= 15 is 0 Å². The SMILES string of the molecule is Cc1ccc(F)c(NC(=O)N2CC(C)C(C(=O)O)C2)c1. The number of carboxylic acids is 1. The van der Waals surface area contributed by atoms with Crippen LogP contribution in [0.4, 0.5) is 14.9 Å². The molecule has 5 nitrogen and oxygen atoms in total. The van der Waals surface area contributed by atoms with Crippen LogP contribution in [0, 0.1) is 24.6 Å². The Balaban J connectivity index is 2.06. The number of carbonyl (C=O) groups excluding carboxylic acids is 1. The number of benzene rings is 1. The van der Waals surface area contributed by atoms with Gasteiger partial charge in [0.1, 0.15) is 5.82 Å². The van der Waals surface area contributed by atoms with E-state index in [4.69, 9.17) is 5.11 Å². The lowest BCUT2D eigenvalue weighted by Crippen LogP contribution is -2.34. The summed E-state index contributed by atoms with van der Waals surface area (Å²) in [5, 5.41) is 11.5. The summed E-state index contributed by atoms with van der Waals surface area (Å²) in [6.07, 6.45) is 0. The van der Waals surface area contributed by atoms with E-state index in [1.165, 1.54) is 11.0 Å². The zero-order valence-corrected chi connectivity index (χ0v) is 11.4. The molecule has 2 unspecified atom stereocenters. The Morgan fingerprint density at radius 3 is 2.70 bits per heavy atom.